The average molecular weight is 340 g/mol. The summed E-state index contributed by atoms with van der Waals surface area (Å²) in [7, 11) is 0. The molecule has 0 fully saturated rings. The van der Waals surface area contributed by atoms with E-state index >= 15 is 0 Å². The van der Waals surface area contributed by atoms with Crippen molar-refractivity contribution in [2.24, 2.45) is 0 Å². The smallest absolute Gasteiger partial charge is 0.276 e. The molecule has 1 amide bonds. The molecule has 0 radical (unpaired) electrons. The first kappa shape index (κ1) is 16.5. The average Bonchev–Trinajstić information content (AvgIpc) is 2.50. The number of hydrogen-bond donors (Lipinski definition) is 1. The maximum atomic E-state index is 12.2. The number of nitrogens with one attached hydrogen (secondary N) is 1. The summed E-state index contributed by atoms with van der Waals surface area (Å²) in [5.74, 6) is -0.413. The Bertz CT molecular complexity index is 744. The molecule has 0 saturated heterocycles. The first-order valence-corrected chi connectivity index (χ1v) is 7.61. The van der Waals surface area contributed by atoms with Crippen LogP contribution in [0, 0.1) is 0 Å². The van der Waals surface area contributed by atoms with Gasteiger partial charge in [-0.15, -0.1) is 0 Å². The quantitative estimate of drug-likeness (QED) is 0.904. The number of rotatable bonds is 5. The van der Waals surface area contributed by atoms with Gasteiger partial charge in [0, 0.05) is 18.3 Å². The first-order valence-electron chi connectivity index (χ1n) is 6.86. The molecule has 22 heavy (non-hydrogen) atoms. The Morgan fingerprint density at radius 1 is 1.23 bits per heavy atom. The molecule has 0 aliphatic rings. The fourth-order valence-electron chi connectivity index (χ4n) is 1.81. The first-order chi connectivity index (χ1) is 10.5. The molecule has 0 saturated carbocycles. The maximum absolute atomic E-state index is 12.2. The van der Waals surface area contributed by atoms with Crippen molar-refractivity contribution in [2.45, 2.75) is 26.3 Å². The zero-order valence-corrected chi connectivity index (χ0v) is 13.5. The fourth-order valence-corrected chi connectivity index (χ4v) is 2.11. The SMILES string of the molecule is CCCCn1nc(C(=O)Nc2ccc(Cl)c(Cl)c2)ccc1=O. The summed E-state index contributed by atoms with van der Waals surface area (Å²) in [5, 5.41) is 7.50. The molecule has 7 heteroatoms. The summed E-state index contributed by atoms with van der Waals surface area (Å²) < 4.78 is 1.30. The van der Waals surface area contributed by atoms with Crippen LogP contribution in [0.1, 0.15) is 30.3 Å². The van der Waals surface area contributed by atoms with Crippen molar-refractivity contribution in [1.82, 2.24) is 9.78 Å². The number of unbranched alkanes of at least 4 members (excludes halogenated alkanes) is 1. The van der Waals surface area contributed by atoms with Crippen LogP contribution in [0.25, 0.3) is 0 Å². The Hall–Kier alpha value is -1.85. The lowest BCUT2D eigenvalue weighted by atomic mass is 10.3. The molecule has 2 rings (SSSR count). The topological polar surface area (TPSA) is 64.0 Å². The molecule has 0 spiro atoms. The molecule has 0 bridgehead atoms. The minimum Gasteiger partial charge on any atom is -0.321 e. The largest absolute Gasteiger partial charge is 0.321 e. The molecular formula is C15H15Cl2N3O2. The zero-order valence-electron chi connectivity index (χ0n) is 12.0. The summed E-state index contributed by atoms with van der Waals surface area (Å²) >= 11 is 11.7. The van der Waals surface area contributed by atoms with Crippen molar-refractivity contribution >= 4 is 34.8 Å². The number of hydrogen-bond acceptors (Lipinski definition) is 3. The third-order valence-corrected chi connectivity index (χ3v) is 3.74. The van der Waals surface area contributed by atoms with Crippen LogP contribution in [-0.4, -0.2) is 15.7 Å². The number of carbonyl (C=O) groups excluding carboxylic acids is 1. The van der Waals surface area contributed by atoms with Crippen molar-refractivity contribution in [3.63, 3.8) is 0 Å². The molecule has 0 aliphatic carbocycles. The second-order valence-electron chi connectivity index (χ2n) is 4.72. The van der Waals surface area contributed by atoms with E-state index in [1.807, 2.05) is 6.92 Å². The van der Waals surface area contributed by atoms with Gasteiger partial charge in [-0.25, -0.2) is 4.68 Å². The molecule has 1 heterocycles. The van der Waals surface area contributed by atoms with Gasteiger partial charge in [0.05, 0.1) is 10.0 Å². The standard InChI is InChI=1S/C15H15Cl2N3O2/c1-2-3-8-20-14(21)7-6-13(19-20)15(22)18-10-4-5-11(16)12(17)9-10/h4-7,9H,2-3,8H2,1H3,(H,18,22). The Balaban J connectivity index is 2.18. The Morgan fingerprint density at radius 3 is 2.68 bits per heavy atom. The van der Waals surface area contributed by atoms with Crippen molar-refractivity contribution in [1.29, 1.82) is 0 Å². The van der Waals surface area contributed by atoms with E-state index < -0.39 is 5.91 Å². The monoisotopic (exact) mass is 339 g/mol. The Kier molecular flexibility index (Phi) is 5.57. The van der Waals surface area contributed by atoms with Crippen molar-refractivity contribution in [3.05, 3.63) is 56.4 Å². The lowest BCUT2D eigenvalue weighted by molar-refractivity contribution is 0.102. The number of aryl methyl sites for hydroxylation is 1. The van der Waals surface area contributed by atoms with E-state index in [1.54, 1.807) is 18.2 Å². The van der Waals surface area contributed by atoms with Gasteiger partial charge in [-0.1, -0.05) is 36.5 Å². The van der Waals surface area contributed by atoms with E-state index in [1.165, 1.54) is 16.8 Å². The van der Waals surface area contributed by atoms with Crippen molar-refractivity contribution in [2.75, 3.05) is 5.32 Å². The molecular weight excluding hydrogens is 325 g/mol. The number of aromatic nitrogens is 2. The maximum Gasteiger partial charge on any atom is 0.276 e. The van der Waals surface area contributed by atoms with Gasteiger partial charge < -0.3 is 5.32 Å². The minimum absolute atomic E-state index is 0.168. The number of halogens is 2. The molecule has 1 N–H and O–H groups in total. The highest BCUT2D eigenvalue weighted by Crippen LogP contribution is 2.25. The van der Waals surface area contributed by atoms with Gasteiger partial charge in [0.2, 0.25) is 0 Å². The molecule has 116 valence electrons. The van der Waals surface area contributed by atoms with Gasteiger partial charge in [-0.05, 0) is 30.7 Å². The van der Waals surface area contributed by atoms with Crippen molar-refractivity contribution < 1.29 is 4.79 Å². The lowest BCUT2D eigenvalue weighted by Crippen LogP contribution is -2.26. The fraction of sp³-hybridized carbons (Fsp3) is 0.267. The van der Waals surface area contributed by atoms with Gasteiger partial charge in [0.15, 0.2) is 0 Å². The molecule has 2 aromatic rings. The van der Waals surface area contributed by atoms with E-state index in [2.05, 4.69) is 10.4 Å². The normalized spacial score (nSPS) is 10.5. The summed E-state index contributed by atoms with van der Waals surface area (Å²) in [4.78, 5) is 23.9. The molecule has 0 atom stereocenters. The van der Waals surface area contributed by atoms with Crippen LogP contribution in [-0.2, 0) is 6.54 Å². The number of anilines is 1. The molecule has 1 aromatic heterocycles. The predicted molar refractivity (Wildman–Crippen MR) is 87.8 cm³/mol. The number of carbonyl (C=O) groups is 1. The van der Waals surface area contributed by atoms with E-state index in [-0.39, 0.29) is 11.3 Å². The second-order valence-corrected chi connectivity index (χ2v) is 5.53. The molecule has 5 nitrogen and oxygen atoms in total. The van der Waals surface area contributed by atoms with Crippen LogP contribution in [0.5, 0.6) is 0 Å². The van der Waals surface area contributed by atoms with Crippen LogP contribution in [0.15, 0.2) is 35.1 Å². The van der Waals surface area contributed by atoms with E-state index in [4.69, 9.17) is 23.2 Å². The van der Waals surface area contributed by atoms with Crippen LogP contribution < -0.4 is 10.9 Å². The van der Waals surface area contributed by atoms with Gasteiger partial charge in [-0.2, -0.15) is 5.10 Å². The van der Waals surface area contributed by atoms with Crippen LogP contribution in [0.2, 0.25) is 10.0 Å². The van der Waals surface area contributed by atoms with Crippen LogP contribution in [0.4, 0.5) is 5.69 Å². The minimum atomic E-state index is -0.413. The van der Waals surface area contributed by atoms with Crippen LogP contribution in [0.3, 0.4) is 0 Å². The molecule has 0 aliphatic heterocycles. The number of benzene rings is 1. The number of amides is 1. The van der Waals surface area contributed by atoms with Crippen molar-refractivity contribution in [3.8, 4) is 0 Å². The van der Waals surface area contributed by atoms with E-state index in [0.717, 1.165) is 12.8 Å². The lowest BCUT2D eigenvalue weighted by Gasteiger charge is -2.08. The third kappa shape index (κ3) is 4.08. The van der Waals surface area contributed by atoms with E-state index in [0.29, 0.717) is 22.3 Å². The second kappa shape index (κ2) is 7.42. The molecule has 1 aromatic carbocycles. The Labute approximate surface area is 137 Å². The predicted octanol–water partition coefficient (Wildman–Crippen LogP) is 3.60. The van der Waals surface area contributed by atoms with Gasteiger partial charge >= 0.3 is 0 Å². The van der Waals surface area contributed by atoms with E-state index in [9.17, 15) is 9.59 Å². The number of nitrogens with zero attached hydrogens (tertiary/aromatic N) is 2. The summed E-state index contributed by atoms with van der Waals surface area (Å²) in [6.45, 7) is 2.51. The third-order valence-electron chi connectivity index (χ3n) is 3.00. The summed E-state index contributed by atoms with van der Waals surface area (Å²) in [6.07, 6.45) is 1.76. The highest BCUT2D eigenvalue weighted by Gasteiger charge is 2.10. The van der Waals surface area contributed by atoms with Gasteiger partial charge in [0.25, 0.3) is 11.5 Å². The summed E-state index contributed by atoms with van der Waals surface area (Å²) in [6, 6.07) is 7.52. The van der Waals surface area contributed by atoms with Gasteiger partial charge in [-0.3, -0.25) is 9.59 Å². The zero-order chi connectivity index (χ0) is 16.1. The van der Waals surface area contributed by atoms with Crippen LogP contribution >= 0.6 is 23.2 Å². The summed E-state index contributed by atoms with van der Waals surface area (Å²) in [5.41, 5.74) is 0.453. The Morgan fingerprint density at radius 2 is 2.00 bits per heavy atom. The molecule has 0 unspecified atom stereocenters. The van der Waals surface area contributed by atoms with Gasteiger partial charge in [0.1, 0.15) is 5.69 Å². The highest BCUT2D eigenvalue weighted by atomic mass is 35.5. The highest BCUT2D eigenvalue weighted by molar-refractivity contribution is 6.42.